The first-order chi connectivity index (χ1) is 10.2. The molecule has 2 aromatic heterocycles. The smallest absolute Gasteiger partial charge is 0.292 e. The van der Waals surface area contributed by atoms with Crippen molar-refractivity contribution >= 4 is 17.4 Å². The topological polar surface area (TPSA) is 58.4 Å². The molecule has 1 aliphatic heterocycles. The van der Waals surface area contributed by atoms with E-state index < -0.39 is 0 Å². The van der Waals surface area contributed by atoms with E-state index in [1.807, 2.05) is 18.3 Å². The number of aromatic nitrogens is 1. The summed E-state index contributed by atoms with van der Waals surface area (Å²) in [6.07, 6.45) is 5.80. The van der Waals surface area contributed by atoms with Crippen molar-refractivity contribution in [1.29, 1.82) is 0 Å². The summed E-state index contributed by atoms with van der Waals surface area (Å²) < 4.78 is 5.05. The fourth-order valence-corrected chi connectivity index (χ4v) is 2.66. The summed E-state index contributed by atoms with van der Waals surface area (Å²) in [5.74, 6) is 1.25. The maximum Gasteiger partial charge on any atom is 0.292 e. The third-order valence-electron chi connectivity index (χ3n) is 3.76. The number of nitrogens with one attached hydrogen (secondary N) is 1. The van der Waals surface area contributed by atoms with Crippen molar-refractivity contribution < 1.29 is 9.21 Å². The van der Waals surface area contributed by atoms with Gasteiger partial charge in [0.2, 0.25) is 0 Å². The molecule has 0 aromatic carbocycles. The molecule has 0 radical (unpaired) electrons. The van der Waals surface area contributed by atoms with Crippen LogP contribution in [0, 0.1) is 5.92 Å². The van der Waals surface area contributed by atoms with E-state index in [0.717, 1.165) is 24.7 Å². The van der Waals surface area contributed by atoms with Gasteiger partial charge < -0.3 is 14.6 Å². The SMILES string of the molecule is CC1CCCN(c2ccc(NC(=O)c3ccco3)nc2)C1. The van der Waals surface area contributed by atoms with E-state index in [1.165, 1.54) is 19.1 Å². The Morgan fingerprint density at radius 2 is 2.33 bits per heavy atom. The fraction of sp³-hybridized carbons (Fsp3) is 0.375. The van der Waals surface area contributed by atoms with Crippen LogP contribution in [-0.4, -0.2) is 24.0 Å². The molecule has 1 atom stereocenters. The molecule has 1 N–H and O–H groups in total. The van der Waals surface area contributed by atoms with Gasteiger partial charge in [0.25, 0.3) is 5.91 Å². The Morgan fingerprint density at radius 3 is 3.00 bits per heavy atom. The number of pyridine rings is 1. The summed E-state index contributed by atoms with van der Waals surface area (Å²) in [5.41, 5.74) is 1.11. The van der Waals surface area contributed by atoms with Crippen LogP contribution in [-0.2, 0) is 0 Å². The second-order valence-electron chi connectivity index (χ2n) is 5.53. The van der Waals surface area contributed by atoms with E-state index in [0.29, 0.717) is 5.82 Å². The van der Waals surface area contributed by atoms with Crippen LogP contribution in [0.15, 0.2) is 41.1 Å². The van der Waals surface area contributed by atoms with E-state index in [-0.39, 0.29) is 11.7 Å². The summed E-state index contributed by atoms with van der Waals surface area (Å²) in [6, 6.07) is 7.14. The van der Waals surface area contributed by atoms with Gasteiger partial charge in [0.1, 0.15) is 5.82 Å². The van der Waals surface area contributed by atoms with Crippen molar-refractivity contribution in [3.8, 4) is 0 Å². The van der Waals surface area contributed by atoms with Crippen LogP contribution in [0.1, 0.15) is 30.3 Å². The Kier molecular flexibility index (Phi) is 3.90. The maximum atomic E-state index is 11.8. The van der Waals surface area contributed by atoms with Gasteiger partial charge in [0.05, 0.1) is 18.1 Å². The van der Waals surface area contributed by atoms with Crippen LogP contribution in [0.25, 0.3) is 0 Å². The lowest BCUT2D eigenvalue weighted by atomic mass is 10.00. The van der Waals surface area contributed by atoms with Crippen molar-refractivity contribution in [1.82, 2.24) is 4.98 Å². The van der Waals surface area contributed by atoms with Crippen LogP contribution in [0.3, 0.4) is 0 Å². The standard InChI is InChI=1S/C16H19N3O2/c1-12-4-2-8-19(11-12)13-6-7-15(17-10-13)18-16(20)14-5-3-9-21-14/h3,5-7,9-10,12H,2,4,8,11H2,1H3,(H,17,18,20). The molecule has 3 heterocycles. The summed E-state index contributed by atoms with van der Waals surface area (Å²) in [5, 5.41) is 2.72. The van der Waals surface area contributed by atoms with E-state index in [1.54, 1.807) is 12.1 Å². The summed E-state index contributed by atoms with van der Waals surface area (Å²) >= 11 is 0. The van der Waals surface area contributed by atoms with Gasteiger partial charge in [-0.1, -0.05) is 6.92 Å². The van der Waals surface area contributed by atoms with Crippen LogP contribution in [0.4, 0.5) is 11.5 Å². The van der Waals surface area contributed by atoms with Gasteiger partial charge in [0, 0.05) is 13.1 Å². The van der Waals surface area contributed by atoms with E-state index in [2.05, 4.69) is 22.1 Å². The van der Waals surface area contributed by atoms with Crippen molar-refractivity contribution in [3.05, 3.63) is 42.5 Å². The molecular weight excluding hydrogens is 266 g/mol. The first-order valence-corrected chi connectivity index (χ1v) is 7.28. The van der Waals surface area contributed by atoms with Crippen LogP contribution in [0.2, 0.25) is 0 Å². The van der Waals surface area contributed by atoms with Crippen molar-refractivity contribution in [2.75, 3.05) is 23.3 Å². The van der Waals surface area contributed by atoms with Gasteiger partial charge >= 0.3 is 0 Å². The molecule has 110 valence electrons. The zero-order valence-electron chi connectivity index (χ0n) is 12.1. The van der Waals surface area contributed by atoms with E-state index in [9.17, 15) is 4.79 Å². The molecule has 5 nitrogen and oxygen atoms in total. The van der Waals surface area contributed by atoms with Gasteiger partial charge in [-0.05, 0) is 43.0 Å². The average Bonchev–Trinajstić information content (AvgIpc) is 3.02. The normalized spacial score (nSPS) is 18.5. The monoisotopic (exact) mass is 285 g/mol. The molecule has 1 aliphatic rings. The summed E-state index contributed by atoms with van der Waals surface area (Å²) in [7, 11) is 0. The Morgan fingerprint density at radius 1 is 1.43 bits per heavy atom. The maximum absolute atomic E-state index is 11.8. The molecule has 0 saturated carbocycles. The van der Waals surface area contributed by atoms with E-state index >= 15 is 0 Å². The minimum Gasteiger partial charge on any atom is -0.459 e. The molecule has 1 unspecified atom stereocenters. The molecule has 3 rings (SSSR count). The highest BCUT2D eigenvalue weighted by Crippen LogP contribution is 2.23. The number of carbonyl (C=O) groups is 1. The number of rotatable bonds is 3. The quantitative estimate of drug-likeness (QED) is 0.941. The first kappa shape index (κ1) is 13.7. The Labute approximate surface area is 124 Å². The molecular formula is C16H19N3O2. The molecule has 0 bridgehead atoms. The van der Waals surface area contributed by atoms with Gasteiger partial charge in [-0.25, -0.2) is 4.98 Å². The van der Waals surface area contributed by atoms with Crippen LogP contribution < -0.4 is 10.2 Å². The van der Waals surface area contributed by atoms with Gasteiger partial charge in [-0.15, -0.1) is 0 Å². The number of amides is 1. The average molecular weight is 285 g/mol. The van der Waals surface area contributed by atoms with Crippen molar-refractivity contribution in [3.63, 3.8) is 0 Å². The lowest BCUT2D eigenvalue weighted by Gasteiger charge is -2.32. The number of piperidine rings is 1. The molecule has 0 aliphatic carbocycles. The largest absolute Gasteiger partial charge is 0.459 e. The Hall–Kier alpha value is -2.30. The fourth-order valence-electron chi connectivity index (χ4n) is 2.66. The number of hydrogen-bond acceptors (Lipinski definition) is 4. The molecule has 1 fully saturated rings. The van der Waals surface area contributed by atoms with Crippen LogP contribution >= 0.6 is 0 Å². The van der Waals surface area contributed by atoms with Crippen molar-refractivity contribution in [2.24, 2.45) is 5.92 Å². The number of furan rings is 1. The summed E-state index contributed by atoms with van der Waals surface area (Å²) in [4.78, 5) is 18.5. The second kappa shape index (κ2) is 5.99. The number of nitrogens with zero attached hydrogens (tertiary/aromatic N) is 2. The van der Waals surface area contributed by atoms with Crippen molar-refractivity contribution in [2.45, 2.75) is 19.8 Å². The van der Waals surface area contributed by atoms with Gasteiger partial charge in [-0.2, -0.15) is 0 Å². The molecule has 1 amide bonds. The highest BCUT2D eigenvalue weighted by Gasteiger charge is 2.17. The lowest BCUT2D eigenvalue weighted by molar-refractivity contribution is 0.0996. The molecule has 2 aromatic rings. The minimum atomic E-state index is -0.285. The number of hydrogen-bond donors (Lipinski definition) is 1. The Bertz CT molecular complexity index is 592. The highest BCUT2D eigenvalue weighted by molar-refractivity contribution is 6.01. The third-order valence-corrected chi connectivity index (χ3v) is 3.76. The first-order valence-electron chi connectivity index (χ1n) is 7.28. The zero-order valence-corrected chi connectivity index (χ0v) is 12.1. The number of carbonyl (C=O) groups excluding carboxylic acids is 1. The highest BCUT2D eigenvalue weighted by atomic mass is 16.3. The second-order valence-corrected chi connectivity index (χ2v) is 5.53. The minimum absolute atomic E-state index is 0.283. The lowest BCUT2D eigenvalue weighted by Crippen LogP contribution is -2.34. The van der Waals surface area contributed by atoms with Gasteiger partial charge in [0.15, 0.2) is 5.76 Å². The summed E-state index contributed by atoms with van der Waals surface area (Å²) in [6.45, 7) is 4.42. The van der Waals surface area contributed by atoms with Crippen LogP contribution in [0.5, 0.6) is 0 Å². The van der Waals surface area contributed by atoms with Gasteiger partial charge in [-0.3, -0.25) is 4.79 Å². The predicted octanol–water partition coefficient (Wildman–Crippen LogP) is 3.16. The third kappa shape index (κ3) is 3.24. The molecule has 5 heteroatoms. The zero-order chi connectivity index (χ0) is 14.7. The number of anilines is 2. The molecule has 1 saturated heterocycles. The molecule has 0 spiro atoms. The predicted molar refractivity (Wildman–Crippen MR) is 81.5 cm³/mol. The Balaban J connectivity index is 1.65. The molecule has 21 heavy (non-hydrogen) atoms. The van der Waals surface area contributed by atoms with E-state index in [4.69, 9.17) is 4.42 Å².